The van der Waals surface area contributed by atoms with Gasteiger partial charge in [-0.05, 0) is 12.1 Å². The molecule has 0 aliphatic carbocycles. The van der Waals surface area contributed by atoms with Crippen LogP contribution in [0.25, 0.3) is 0 Å². The number of halogens is 1. The Morgan fingerprint density at radius 1 is 1.25 bits per heavy atom. The molecule has 0 unspecified atom stereocenters. The molecule has 1 N–H and O–H groups in total. The van der Waals surface area contributed by atoms with E-state index in [0.29, 0.717) is 11.6 Å². The van der Waals surface area contributed by atoms with Gasteiger partial charge in [-0.1, -0.05) is 0 Å². The Morgan fingerprint density at radius 2 is 2.00 bits per heavy atom. The minimum atomic E-state index is -0.443. The number of nitrogens with zero attached hydrogens (tertiary/aromatic N) is 3. The van der Waals surface area contributed by atoms with E-state index in [9.17, 15) is 4.39 Å². The van der Waals surface area contributed by atoms with Gasteiger partial charge < -0.3 is 10.1 Å². The monoisotopic (exact) mass is 220 g/mol. The molecule has 1 aromatic heterocycles. The van der Waals surface area contributed by atoms with Crippen LogP contribution >= 0.6 is 0 Å². The maximum absolute atomic E-state index is 13.3. The first-order valence-corrected chi connectivity index (χ1v) is 4.52. The van der Waals surface area contributed by atoms with Gasteiger partial charge in [-0.15, -0.1) is 0 Å². The molecule has 0 aliphatic heterocycles. The molecule has 0 atom stereocenters. The second kappa shape index (κ2) is 4.52. The number of methoxy groups -OCH3 is 1. The summed E-state index contributed by atoms with van der Waals surface area (Å²) in [5, 5.41) is 2.84. The van der Waals surface area contributed by atoms with Gasteiger partial charge in [0.25, 0.3) is 0 Å². The third kappa shape index (κ3) is 2.22. The van der Waals surface area contributed by atoms with Crippen molar-refractivity contribution in [3.8, 4) is 5.75 Å². The van der Waals surface area contributed by atoms with Crippen LogP contribution in [0.4, 0.5) is 16.0 Å². The van der Waals surface area contributed by atoms with Crippen LogP contribution in [0, 0.1) is 5.82 Å². The molecule has 16 heavy (non-hydrogen) atoms. The van der Waals surface area contributed by atoms with Crippen molar-refractivity contribution >= 4 is 11.6 Å². The van der Waals surface area contributed by atoms with Crippen molar-refractivity contribution in [2.45, 2.75) is 0 Å². The largest absolute Gasteiger partial charge is 0.494 e. The van der Waals surface area contributed by atoms with E-state index in [0.717, 1.165) is 0 Å². The van der Waals surface area contributed by atoms with E-state index in [1.807, 2.05) is 0 Å². The molecular weight excluding hydrogens is 211 g/mol. The van der Waals surface area contributed by atoms with Crippen molar-refractivity contribution in [2.24, 2.45) is 0 Å². The van der Waals surface area contributed by atoms with Crippen LogP contribution in [0.1, 0.15) is 0 Å². The van der Waals surface area contributed by atoms with Crippen LogP contribution in [0.15, 0.2) is 30.9 Å². The fraction of sp³-hybridized carbons (Fsp3) is 0.100. The summed E-state index contributed by atoms with van der Waals surface area (Å²) in [4.78, 5) is 11.4. The fourth-order valence-electron chi connectivity index (χ4n) is 1.18. The van der Waals surface area contributed by atoms with Gasteiger partial charge >= 0.3 is 0 Å². The number of aromatic nitrogens is 3. The lowest BCUT2D eigenvalue weighted by Crippen LogP contribution is -1.97. The maximum Gasteiger partial charge on any atom is 0.230 e. The van der Waals surface area contributed by atoms with Gasteiger partial charge in [0.2, 0.25) is 5.95 Å². The molecule has 5 nitrogen and oxygen atoms in total. The van der Waals surface area contributed by atoms with Gasteiger partial charge in [-0.25, -0.2) is 19.3 Å². The van der Waals surface area contributed by atoms with Crippen molar-refractivity contribution in [2.75, 3.05) is 12.4 Å². The summed E-state index contributed by atoms with van der Waals surface area (Å²) < 4.78 is 18.1. The highest BCUT2D eigenvalue weighted by Gasteiger charge is 2.04. The zero-order valence-electron chi connectivity index (χ0n) is 8.51. The topological polar surface area (TPSA) is 59.9 Å². The molecule has 82 valence electrons. The Labute approximate surface area is 91.3 Å². The number of hydrogen-bond acceptors (Lipinski definition) is 5. The number of nitrogens with one attached hydrogen (secondary N) is 1. The lowest BCUT2D eigenvalue weighted by molar-refractivity contribution is 0.386. The molecule has 0 fully saturated rings. The van der Waals surface area contributed by atoms with Gasteiger partial charge in [-0.2, -0.15) is 0 Å². The average molecular weight is 220 g/mol. The highest BCUT2D eigenvalue weighted by atomic mass is 19.1. The van der Waals surface area contributed by atoms with Crippen LogP contribution in [0.3, 0.4) is 0 Å². The number of benzene rings is 1. The third-order valence-electron chi connectivity index (χ3n) is 1.90. The Balaban J connectivity index is 2.20. The molecule has 0 bridgehead atoms. The van der Waals surface area contributed by atoms with Crippen LogP contribution in [0.5, 0.6) is 5.75 Å². The summed E-state index contributed by atoms with van der Waals surface area (Å²) in [6, 6.07) is 4.51. The molecule has 1 aromatic carbocycles. The first-order valence-electron chi connectivity index (χ1n) is 4.52. The highest BCUT2D eigenvalue weighted by molar-refractivity contribution is 5.54. The van der Waals surface area contributed by atoms with Gasteiger partial charge in [0, 0.05) is 11.8 Å². The van der Waals surface area contributed by atoms with Crippen molar-refractivity contribution in [1.82, 2.24) is 15.0 Å². The smallest absolute Gasteiger partial charge is 0.230 e. The number of ether oxygens (including phenoxy) is 1. The minimum absolute atomic E-state index is 0.196. The van der Waals surface area contributed by atoms with E-state index in [1.54, 1.807) is 6.07 Å². The summed E-state index contributed by atoms with van der Waals surface area (Å²) in [7, 11) is 1.41. The van der Waals surface area contributed by atoms with Crippen LogP contribution in [-0.2, 0) is 0 Å². The summed E-state index contributed by atoms with van der Waals surface area (Å²) in [6.45, 7) is 0. The van der Waals surface area contributed by atoms with E-state index in [-0.39, 0.29) is 5.75 Å². The number of anilines is 2. The molecule has 0 saturated carbocycles. The number of rotatable bonds is 3. The predicted molar refractivity (Wildman–Crippen MR) is 56.1 cm³/mol. The van der Waals surface area contributed by atoms with Crippen LogP contribution < -0.4 is 10.1 Å². The summed E-state index contributed by atoms with van der Waals surface area (Å²) in [5.41, 5.74) is 0.546. The van der Waals surface area contributed by atoms with Crippen LogP contribution in [0.2, 0.25) is 0 Å². The standard InChI is InChI=1S/C10H9FN4O/c1-16-9-3-2-7(4-8(9)11)15-10-13-5-12-6-14-10/h2-6H,1H3,(H,12,13,14,15). The molecule has 1 heterocycles. The summed E-state index contributed by atoms with van der Waals surface area (Å²) >= 11 is 0. The predicted octanol–water partition coefficient (Wildman–Crippen LogP) is 1.76. The van der Waals surface area contributed by atoms with Crippen molar-refractivity contribution in [3.63, 3.8) is 0 Å². The van der Waals surface area contributed by atoms with E-state index in [4.69, 9.17) is 4.74 Å². The molecule has 0 aliphatic rings. The maximum atomic E-state index is 13.3. The zero-order valence-corrected chi connectivity index (χ0v) is 8.51. The minimum Gasteiger partial charge on any atom is -0.494 e. The third-order valence-corrected chi connectivity index (χ3v) is 1.90. The van der Waals surface area contributed by atoms with Crippen molar-refractivity contribution in [3.05, 3.63) is 36.7 Å². The number of hydrogen-bond donors (Lipinski definition) is 1. The average Bonchev–Trinajstić information content (AvgIpc) is 2.31. The lowest BCUT2D eigenvalue weighted by Gasteiger charge is -2.06. The quantitative estimate of drug-likeness (QED) is 0.854. The van der Waals surface area contributed by atoms with E-state index in [2.05, 4.69) is 20.3 Å². The SMILES string of the molecule is COc1ccc(Nc2ncncn2)cc1F. The zero-order chi connectivity index (χ0) is 11.4. The molecule has 0 saturated heterocycles. The Morgan fingerprint density at radius 3 is 2.62 bits per heavy atom. The Bertz CT molecular complexity index is 478. The highest BCUT2D eigenvalue weighted by Crippen LogP contribution is 2.21. The van der Waals surface area contributed by atoms with Gasteiger partial charge in [0.15, 0.2) is 11.6 Å². The van der Waals surface area contributed by atoms with Crippen LogP contribution in [-0.4, -0.2) is 22.1 Å². The van der Waals surface area contributed by atoms with Gasteiger partial charge in [0.1, 0.15) is 12.7 Å². The lowest BCUT2D eigenvalue weighted by atomic mass is 10.3. The normalized spacial score (nSPS) is 9.88. The van der Waals surface area contributed by atoms with E-state index in [1.165, 1.54) is 31.9 Å². The molecule has 6 heteroatoms. The Hall–Kier alpha value is -2.24. The molecule has 2 aromatic rings. The molecule has 0 amide bonds. The molecule has 0 spiro atoms. The van der Waals surface area contributed by atoms with Crippen molar-refractivity contribution < 1.29 is 9.13 Å². The second-order valence-electron chi connectivity index (χ2n) is 2.94. The first kappa shape index (κ1) is 10.3. The first-order chi connectivity index (χ1) is 7.79. The van der Waals surface area contributed by atoms with Gasteiger partial charge in [0.05, 0.1) is 7.11 Å². The molecular formula is C10H9FN4O. The Kier molecular flexibility index (Phi) is 2.90. The second-order valence-corrected chi connectivity index (χ2v) is 2.94. The summed E-state index contributed by atoms with van der Waals surface area (Å²) in [5.74, 6) is 0.113. The fourth-order valence-corrected chi connectivity index (χ4v) is 1.18. The van der Waals surface area contributed by atoms with Gasteiger partial charge in [-0.3, -0.25) is 0 Å². The summed E-state index contributed by atoms with van der Waals surface area (Å²) in [6.07, 6.45) is 2.71. The van der Waals surface area contributed by atoms with E-state index < -0.39 is 5.82 Å². The van der Waals surface area contributed by atoms with E-state index >= 15 is 0 Å². The molecule has 2 rings (SSSR count). The van der Waals surface area contributed by atoms with Crippen molar-refractivity contribution in [1.29, 1.82) is 0 Å². The molecule has 0 radical (unpaired) electrons.